The van der Waals surface area contributed by atoms with Crippen molar-refractivity contribution in [3.05, 3.63) is 83.7 Å². The number of nitrogens with zero attached hydrogens (tertiary/aromatic N) is 1. The highest BCUT2D eigenvalue weighted by molar-refractivity contribution is 6.05. The summed E-state index contributed by atoms with van der Waals surface area (Å²) in [6, 6.07) is 18.6. The molecule has 128 valence electrons. The molecule has 0 radical (unpaired) electrons. The second-order valence-corrected chi connectivity index (χ2v) is 5.98. The standard InChI is InChI=1S/C21H15FN2O2/c1-13-4-2-3-5-17(13)20(25)23-16-10-11-19-18(12-16)24-21(26-19)14-6-8-15(22)9-7-14/h2-12H,1H3,(H,23,25). The number of nitrogens with one attached hydrogen (secondary N) is 1. The summed E-state index contributed by atoms with van der Waals surface area (Å²) >= 11 is 0. The molecule has 0 aliphatic heterocycles. The van der Waals surface area contributed by atoms with E-state index in [0.717, 1.165) is 5.56 Å². The Balaban J connectivity index is 1.62. The Labute approximate surface area is 149 Å². The molecule has 1 aromatic heterocycles. The Morgan fingerprint density at radius 1 is 1.04 bits per heavy atom. The third-order valence-corrected chi connectivity index (χ3v) is 4.13. The van der Waals surface area contributed by atoms with Gasteiger partial charge in [-0.1, -0.05) is 18.2 Å². The fourth-order valence-corrected chi connectivity index (χ4v) is 2.75. The number of anilines is 1. The van der Waals surface area contributed by atoms with Gasteiger partial charge in [0.05, 0.1) is 0 Å². The lowest BCUT2D eigenvalue weighted by Gasteiger charge is -2.07. The highest BCUT2D eigenvalue weighted by Crippen LogP contribution is 2.26. The zero-order valence-corrected chi connectivity index (χ0v) is 14.0. The summed E-state index contributed by atoms with van der Waals surface area (Å²) in [4.78, 5) is 16.9. The van der Waals surface area contributed by atoms with Crippen molar-refractivity contribution in [1.82, 2.24) is 4.98 Å². The lowest BCUT2D eigenvalue weighted by Crippen LogP contribution is -2.13. The number of halogens is 1. The van der Waals surface area contributed by atoms with Crippen molar-refractivity contribution in [2.75, 3.05) is 5.32 Å². The molecule has 4 rings (SSSR count). The molecule has 0 fully saturated rings. The summed E-state index contributed by atoms with van der Waals surface area (Å²) in [7, 11) is 0. The molecule has 0 aliphatic rings. The third kappa shape index (κ3) is 3.07. The van der Waals surface area contributed by atoms with E-state index in [-0.39, 0.29) is 11.7 Å². The molecule has 1 heterocycles. The molecule has 0 aliphatic carbocycles. The predicted molar refractivity (Wildman–Crippen MR) is 98.5 cm³/mol. The number of oxazole rings is 1. The van der Waals surface area contributed by atoms with E-state index in [1.54, 1.807) is 36.4 Å². The van der Waals surface area contributed by atoms with Crippen molar-refractivity contribution in [1.29, 1.82) is 0 Å². The number of hydrogen-bond acceptors (Lipinski definition) is 3. The number of carbonyl (C=O) groups excluding carboxylic acids is 1. The Hall–Kier alpha value is -3.47. The molecular weight excluding hydrogens is 331 g/mol. The third-order valence-electron chi connectivity index (χ3n) is 4.13. The topological polar surface area (TPSA) is 55.1 Å². The molecule has 0 saturated carbocycles. The Bertz CT molecular complexity index is 1100. The SMILES string of the molecule is Cc1ccccc1C(=O)Nc1ccc2oc(-c3ccc(F)cc3)nc2c1. The van der Waals surface area contributed by atoms with Crippen LogP contribution in [0, 0.1) is 12.7 Å². The Morgan fingerprint density at radius 2 is 1.81 bits per heavy atom. The van der Waals surface area contributed by atoms with E-state index < -0.39 is 0 Å². The minimum atomic E-state index is -0.314. The number of aryl methyl sites for hydroxylation is 1. The molecule has 4 nitrogen and oxygen atoms in total. The number of benzene rings is 3. The monoisotopic (exact) mass is 346 g/mol. The maximum absolute atomic E-state index is 13.1. The van der Waals surface area contributed by atoms with E-state index in [0.29, 0.717) is 33.8 Å². The summed E-state index contributed by atoms with van der Waals surface area (Å²) in [6.45, 7) is 1.89. The number of hydrogen-bond donors (Lipinski definition) is 1. The Morgan fingerprint density at radius 3 is 2.58 bits per heavy atom. The summed E-state index contributed by atoms with van der Waals surface area (Å²) in [5, 5.41) is 2.88. The lowest BCUT2D eigenvalue weighted by molar-refractivity contribution is 0.102. The van der Waals surface area contributed by atoms with Gasteiger partial charge in [-0.2, -0.15) is 0 Å². The smallest absolute Gasteiger partial charge is 0.255 e. The summed E-state index contributed by atoms with van der Waals surface area (Å²) in [5.74, 6) is -0.0850. The normalized spacial score (nSPS) is 10.8. The van der Waals surface area contributed by atoms with Gasteiger partial charge in [-0.25, -0.2) is 9.37 Å². The van der Waals surface area contributed by atoms with Gasteiger partial charge in [0.2, 0.25) is 5.89 Å². The van der Waals surface area contributed by atoms with Crippen molar-refractivity contribution < 1.29 is 13.6 Å². The van der Waals surface area contributed by atoms with E-state index in [4.69, 9.17) is 4.42 Å². The maximum atomic E-state index is 13.1. The average Bonchev–Trinajstić information content (AvgIpc) is 3.06. The second kappa shape index (κ2) is 6.44. The fourth-order valence-electron chi connectivity index (χ4n) is 2.75. The van der Waals surface area contributed by atoms with Gasteiger partial charge in [0.25, 0.3) is 5.91 Å². The van der Waals surface area contributed by atoms with Crippen molar-refractivity contribution in [2.24, 2.45) is 0 Å². The number of aromatic nitrogens is 1. The van der Waals surface area contributed by atoms with Crippen LogP contribution in [-0.2, 0) is 0 Å². The van der Waals surface area contributed by atoms with Crippen molar-refractivity contribution in [3.63, 3.8) is 0 Å². The van der Waals surface area contributed by atoms with Crippen LogP contribution in [0.5, 0.6) is 0 Å². The minimum Gasteiger partial charge on any atom is -0.436 e. The molecule has 0 bridgehead atoms. The first-order valence-corrected chi connectivity index (χ1v) is 8.14. The van der Waals surface area contributed by atoms with E-state index in [1.807, 2.05) is 25.1 Å². The van der Waals surface area contributed by atoms with E-state index >= 15 is 0 Å². The molecular formula is C21H15FN2O2. The lowest BCUT2D eigenvalue weighted by atomic mass is 10.1. The summed E-state index contributed by atoms with van der Waals surface area (Å²) in [5.41, 5.74) is 4.06. The molecule has 4 aromatic rings. The van der Waals surface area contributed by atoms with Crippen LogP contribution in [0.25, 0.3) is 22.6 Å². The first kappa shape index (κ1) is 16.0. The molecule has 26 heavy (non-hydrogen) atoms. The van der Waals surface area contributed by atoms with Crippen LogP contribution >= 0.6 is 0 Å². The van der Waals surface area contributed by atoms with Crippen molar-refractivity contribution in [2.45, 2.75) is 6.92 Å². The number of fused-ring (bicyclic) bond motifs is 1. The van der Waals surface area contributed by atoms with Gasteiger partial charge in [0.15, 0.2) is 5.58 Å². The largest absolute Gasteiger partial charge is 0.436 e. The summed E-state index contributed by atoms with van der Waals surface area (Å²) in [6.07, 6.45) is 0. The van der Waals surface area contributed by atoms with Gasteiger partial charge in [-0.3, -0.25) is 4.79 Å². The molecule has 3 aromatic carbocycles. The molecule has 0 atom stereocenters. The highest BCUT2D eigenvalue weighted by atomic mass is 19.1. The molecule has 0 spiro atoms. The summed E-state index contributed by atoms with van der Waals surface area (Å²) < 4.78 is 18.8. The van der Waals surface area contributed by atoms with Crippen LogP contribution in [0.1, 0.15) is 15.9 Å². The van der Waals surface area contributed by atoms with Crippen LogP contribution in [0.2, 0.25) is 0 Å². The van der Waals surface area contributed by atoms with E-state index in [9.17, 15) is 9.18 Å². The zero-order chi connectivity index (χ0) is 18.1. The molecule has 1 amide bonds. The van der Waals surface area contributed by atoms with Crippen molar-refractivity contribution >= 4 is 22.7 Å². The molecule has 0 saturated heterocycles. The quantitative estimate of drug-likeness (QED) is 0.555. The van der Waals surface area contributed by atoms with Crippen LogP contribution in [-0.4, -0.2) is 10.9 Å². The maximum Gasteiger partial charge on any atom is 0.255 e. The first-order valence-electron chi connectivity index (χ1n) is 8.14. The molecule has 0 unspecified atom stereocenters. The minimum absolute atomic E-state index is 0.176. The number of rotatable bonds is 3. The highest BCUT2D eigenvalue weighted by Gasteiger charge is 2.12. The van der Waals surface area contributed by atoms with Crippen LogP contribution in [0.3, 0.4) is 0 Å². The van der Waals surface area contributed by atoms with Crippen LogP contribution in [0.4, 0.5) is 10.1 Å². The van der Waals surface area contributed by atoms with Gasteiger partial charge in [0.1, 0.15) is 11.3 Å². The first-order chi connectivity index (χ1) is 12.6. The Kier molecular flexibility index (Phi) is 3.97. The zero-order valence-electron chi connectivity index (χ0n) is 14.0. The van der Waals surface area contributed by atoms with Crippen molar-refractivity contribution in [3.8, 4) is 11.5 Å². The van der Waals surface area contributed by atoms with Gasteiger partial charge < -0.3 is 9.73 Å². The van der Waals surface area contributed by atoms with Crippen LogP contribution in [0.15, 0.2) is 71.1 Å². The number of amides is 1. The van der Waals surface area contributed by atoms with Gasteiger partial charge in [-0.05, 0) is 61.0 Å². The second-order valence-electron chi connectivity index (χ2n) is 5.98. The molecule has 5 heteroatoms. The number of carbonyl (C=O) groups is 1. The van der Waals surface area contributed by atoms with E-state index in [2.05, 4.69) is 10.3 Å². The fraction of sp³-hybridized carbons (Fsp3) is 0.0476. The van der Waals surface area contributed by atoms with E-state index in [1.165, 1.54) is 12.1 Å². The van der Waals surface area contributed by atoms with Gasteiger partial charge in [0, 0.05) is 16.8 Å². The van der Waals surface area contributed by atoms with Gasteiger partial charge >= 0.3 is 0 Å². The average molecular weight is 346 g/mol. The van der Waals surface area contributed by atoms with Crippen LogP contribution < -0.4 is 5.32 Å². The predicted octanol–water partition coefficient (Wildman–Crippen LogP) is 5.19. The van der Waals surface area contributed by atoms with Gasteiger partial charge in [-0.15, -0.1) is 0 Å². The molecule has 1 N–H and O–H groups in total.